The molecule has 110 valence electrons. The van der Waals surface area contributed by atoms with Gasteiger partial charge in [0.05, 0.1) is 5.84 Å². The summed E-state index contributed by atoms with van der Waals surface area (Å²) in [4.78, 5) is 13.9. The number of amides is 1. The van der Waals surface area contributed by atoms with Crippen molar-refractivity contribution >= 4 is 24.1 Å². The van der Waals surface area contributed by atoms with Gasteiger partial charge in [-0.2, -0.15) is 0 Å². The van der Waals surface area contributed by atoms with Crippen LogP contribution in [0.4, 0.5) is 4.39 Å². The second-order valence-electron chi connectivity index (χ2n) is 4.78. The van der Waals surface area contributed by atoms with Gasteiger partial charge >= 0.3 is 0 Å². The molecule has 6 heteroatoms. The molecule has 1 saturated heterocycles. The van der Waals surface area contributed by atoms with Gasteiger partial charge in [0.15, 0.2) is 0 Å². The first kappa shape index (κ1) is 16.4. The van der Waals surface area contributed by atoms with Gasteiger partial charge in [0.2, 0.25) is 5.91 Å². The van der Waals surface area contributed by atoms with Crippen LogP contribution in [0.15, 0.2) is 24.3 Å². The lowest BCUT2D eigenvalue weighted by molar-refractivity contribution is -0.124. The minimum atomic E-state index is -0.281. The van der Waals surface area contributed by atoms with Crippen LogP contribution < -0.4 is 5.32 Å². The van der Waals surface area contributed by atoms with Crippen LogP contribution in [0, 0.1) is 11.2 Å². The number of nitrogens with one attached hydrogen (secondary N) is 2. The molecule has 2 rings (SSSR count). The first-order valence-corrected chi connectivity index (χ1v) is 6.42. The summed E-state index contributed by atoms with van der Waals surface area (Å²) in [7, 11) is 0. The molecule has 2 N–H and O–H groups in total. The average molecular weight is 300 g/mol. The van der Waals surface area contributed by atoms with Crippen LogP contribution in [0.25, 0.3) is 0 Å². The fourth-order valence-corrected chi connectivity index (χ4v) is 2.35. The summed E-state index contributed by atoms with van der Waals surface area (Å²) in [6.45, 7) is 2.86. The van der Waals surface area contributed by atoms with Crippen LogP contribution >= 0.6 is 12.4 Å². The zero-order valence-electron chi connectivity index (χ0n) is 11.4. The number of carbonyl (C=O) groups is 1. The van der Waals surface area contributed by atoms with Gasteiger partial charge in [-0.1, -0.05) is 12.1 Å². The predicted octanol–water partition coefficient (Wildman–Crippen LogP) is 2.33. The smallest absolute Gasteiger partial charge is 0.243 e. The normalized spacial score (nSPS) is 17.5. The molecule has 0 aromatic heterocycles. The largest absolute Gasteiger partial charge is 0.350 e. The third-order valence-corrected chi connectivity index (χ3v) is 3.37. The van der Waals surface area contributed by atoms with Crippen LogP contribution in [0.1, 0.15) is 25.3 Å². The molecule has 4 nitrogen and oxygen atoms in total. The van der Waals surface area contributed by atoms with E-state index in [2.05, 4.69) is 5.32 Å². The van der Waals surface area contributed by atoms with Gasteiger partial charge < -0.3 is 10.2 Å². The lowest BCUT2D eigenvalue weighted by Crippen LogP contribution is -2.44. The summed E-state index contributed by atoms with van der Waals surface area (Å²) in [6.07, 6.45) is 1.72. The van der Waals surface area contributed by atoms with E-state index in [1.54, 1.807) is 19.1 Å². The van der Waals surface area contributed by atoms with Crippen LogP contribution in [0.2, 0.25) is 0 Å². The SMILES string of the molecule is CC(=N)N1CCCC1C(=O)NCc1ccc(F)cc1.Cl. The Bertz CT molecular complexity index is 478. The maximum Gasteiger partial charge on any atom is 0.243 e. The van der Waals surface area contributed by atoms with Crippen molar-refractivity contribution in [3.63, 3.8) is 0 Å². The Labute approximate surface area is 124 Å². The van der Waals surface area contributed by atoms with Gasteiger partial charge in [-0.05, 0) is 37.5 Å². The van der Waals surface area contributed by atoms with Gasteiger partial charge in [0, 0.05) is 13.1 Å². The monoisotopic (exact) mass is 299 g/mol. The maximum absolute atomic E-state index is 12.8. The van der Waals surface area contributed by atoms with Crippen molar-refractivity contribution in [2.24, 2.45) is 0 Å². The molecule has 1 aliphatic rings. The predicted molar refractivity (Wildman–Crippen MR) is 78.6 cm³/mol. The lowest BCUT2D eigenvalue weighted by atomic mass is 10.2. The van der Waals surface area contributed by atoms with Crippen LogP contribution in [-0.4, -0.2) is 29.2 Å². The van der Waals surface area contributed by atoms with E-state index in [-0.39, 0.29) is 30.2 Å². The highest BCUT2D eigenvalue weighted by Crippen LogP contribution is 2.17. The second kappa shape index (κ2) is 7.24. The fraction of sp³-hybridized carbons (Fsp3) is 0.429. The number of amidine groups is 1. The molecule has 1 aromatic carbocycles. The molecule has 0 spiro atoms. The highest BCUT2D eigenvalue weighted by Gasteiger charge is 2.30. The van der Waals surface area contributed by atoms with Crippen LogP contribution in [0.5, 0.6) is 0 Å². The Morgan fingerprint density at radius 2 is 2.10 bits per heavy atom. The standard InChI is InChI=1S/C14H18FN3O.ClH/c1-10(16)18-8-2-3-13(18)14(19)17-9-11-4-6-12(15)7-5-11;/h4-7,13,16H,2-3,8-9H2,1H3,(H,17,19);1H. The summed E-state index contributed by atoms with van der Waals surface area (Å²) >= 11 is 0. The van der Waals surface area contributed by atoms with E-state index in [9.17, 15) is 9.18 Å². The highest BCUT2D eigenvalue weighted by atomic mass is 35.5. The fourth-order valence-electron chi connectivity index (χ4n) is 2.35. The summed E-state index contributed by atoms with van der Waals surface area (Å²) in [5.74, 6) is 0.0873. The Morgan fingerprint density at radius 3 is 2.70 bits per heavy atom. The number of rotatable bonds is 3. The Kier molecular flexibility index (Phi) is 5.95. The summed E-state index contributed by atoms with van der Waals surface area (Å²) in [6, 6.07) is 5.84. The molecule has 0 saturated carbocycles. The first-order chi connectivity index (χ1) is 9.08. The molecule has 1 heterocycles. The first-order valence-electron chi connectivity index (χ1n) is 6.42. The van der Waals surface area contributed by atoms with Gasteiger partial charge in [0.1, 0.15) is 11.9 Å². The van der Waals surface area contributed by atoms with Gasteiger partial charge in [0.25, 0.3) is 0 Å². The van der Waals surface area contributed by atoms with Crippen molar-refractivity contribution in [1.82, 2.24) is 10.2 Å². The van der Waals surface area contributed by atoms with Crippen LogP contribution in [-0.2, 0) is 11.3 Å². The zero-order valence-corrected chi connectivity index (χ0v) is 12.2. The van der Waals surface area contributed by atoms with E-state index >= 15 is 0 Å². The van der Waals surface area contributed by atoms with E-state index in [4.69, 9.17) is 5.41 Å². The average Bonchev–Trinajstić information content (AvgIpc) is 2.87. The van der Waals surface area contributed by atoms with Crippen LogP contribution in [0.3, 0.4) is 0 Å². The molecule has 1 aliphatic heterocycles. The number of hydrogen-bond donors (Lipinski definition) is 2. The van der Waals surface area contributed by atoms with E-state index in [0.717, 1.165) is 24.9 Å². The molecular formula is C14H19ClFN3O. The number of halogens is 2. The number of benzene rings is 1. The summed E-state index contributed by atoms with van der Waals surface area (Å²) in [5, 5.41) is 10.5. The van der Waals surface area contributed by atoms with Crippen molar-refractivity contribution in [2.75, 3.05) is 6.54 Å². The number of carbonyl (C=O) groups excluding carboxylic acids is 1. The minimum absolute atomic E-state index is 0. The quantitative estimate of drug-likeness (QED) is 0.665. The Hall–Kier alpha value is -1.62. The topological polar surface area (TPSA) is 56.2 Å². The third-order valence-electron chi connectivity index (χ3n) is 3.37. The molecule has 1 fully saturated rings. The van der Waals surface area contributed by atoms with Gasteiger partial charge in [-0.15, -0.1) is 12.4 Å². The summed E-state index contributed by atoms with van der Waals surface area (Å²) in [5.41, 5.74) is 0.867. The molecule has 20 heavy (non-hydrogen) atoms. The highest BCUT2D eigenvalue weighted by molar-refractivity contribution is 5.88. The second-order valence-corrected chi connectivity index (χ2v) is 4.78. The number of likely N-dealkylation sites (tertiary alicyclic amines) is 1. The van der Waals surface area contributed by atoms with Crippen molar-refractivity contribution in [1.29, 1.82) is 5.41 Å². The molecule has 0 bridgehead atoms. The third kappa shape index (κ3) is 3.93. The minimum Gasteiger partial charge on any atom is -0.350 e. The van der Waals surface area contributed by atoms with E-state index < -0.39 is 0 Å². The molecule has 1 unspecified atom stereocenters. The lowest BCUT2D eigenvalue weighted by Gasteiger charge is -2.24. The molecule has 1 aromatic rings. The van der Waals surface area contributed by atoms with E-state index in [1.165, 1.54) is 12.1 Å². The van der Waals surface area contributed by atoms with Crippen molar-refractivity contribution in [3.8, 4) is 0 Å². The Balaban J connectivity index is 0.00000200. The van der Waals surface area contributed by atoms with Gasteiger partial charge in [-0.25, -0.2) is 4.39 Å². The van der Waals surface area contributed by atoms with Crippen molar-refractivity contribution in [3.05, 3.63) is 35.6 Å². The molecule has 1 amide bonds. The van der Waals surface area contributed by atoms with Crippen molar-refractivity contribution < 1.29 is 9.18 Å². The Morgan fingerprint density at radius 1 is 1.45 bits per heavy atom. The van der Waals surface area contributed by atoms with Gasteiger partial charge in [-0.3, -0.25) is 10.2 Å². The number of nitrogens with zero attached hydrogens (tertiary/aromatic N) is 1. The van der Waals surface area contributed by atoms with E-state index in [0.29, 0.717) is 12.4 Å². The molecule has 0 radical (unpaired) electrons. The molecular weight excluding hydrogens is 281 g/mol. The number of hydrogen-bond acceptors (Lipinski definition) is 2. The summed E-state index contributed by atoms with van der Waals surface area (Å²) < 4.78 is 12.8. The molecule has 1 atom stereocenters. The zero-order chi connectivity index (χ0) is 13.8. The molecule has 0 aliphatic carbocycles. The van der Waals surface area contributed by atoms with E-state index in [1.807, 2.05) is 4.90 Å². The van der Waals surface area contributed by atoms with Crippen molar-refractivity contribution in [2.45, 2.75) is 32.4 Å². The maximum atomic E-state index is 12.8.